The molecule has 0 spiro atoms. The molecule has 0 aliphatic carbocycles. The van der Waals surface area contributed by atoms with E-state index in [-0.39, 0.29) is 27.1 Å². The fraction of sp³-hybridized carbons (Fsp3) is 0.0625. The lowest BCUT2D eigenvalue weighted by molar-refractivity contribution is -0.384. The van der Waals surface area contributed by atoms with Crippen molar-refractivity contribution in [1.82, 2.24) is 5.43 Å². The van der Waals surface area contributed by atoms with Gasteiger partial charge in [0.05, 0.1) is 26.4 Å². The Bertz CT molecular complexity index is 915. The van der Waals surface area contributed by atoms with Crippen molar-refractivity contribution in [1.29, 1.82) is 0 Å². The third kappa shape index (κ3) is 4.78. The molecule has 8 nitrogen and oxygen atoms in total. The molecule has 0 radical (unpaired) electrons. The van der Waals surface area contributed by atoms with E-state index in [2.05, 4.69) is 15.8 Å². The zero-order valence-electron chi connectivity index (χ0n) is 13.3. The van der Waals surface area contributed by atoms with Crippen molar-refractivity contribution < 1.29 is 14.5 Å². The van der Waals surface area contributed by atoms with Crippen molar-refractivity contribution in [2.24, 2.45) is 5.10 Å². The number of non-ortho nitro benzene ring substituents is 1. The van der Waals surface area contributed by atoms with E-state index in [9.17, 15) is 19.7 Å². The van der Waals surface area contributed by atoms with Gasteiger partial charge in [0.1, 0.15) is 0 Å². The summed E-state index contributed by atoms with van der Waals surface area (Å²) in [6.07, 6.45) is 0. The van der Waals surface area contributed by atoms with Crippen molar-refractivity contribution in [3.05, 3.63) is 68.2 Å². The molecule has 2 aromatic rings. The minimum Gasteiger partial charge on any atom is -0.316 e. The molecule has 134 valence electrons. The van der Waals surface area contributed by atoms with Crippen LogP contribution in [0.25, 0.3) is 0 Å². The minimum absolute atomic E-state index is 0.103. The third-order valence-electron chi connectivity index (χ3n) is 3.21. The first-order chi connectivity index (χ1) is 12.3. The molecule has 2 N–H and O–H groups in total. The number of rotatable bonds is 4. The maximum Gasteiger partial charge on any atom is 0.329 e. The van der Waals surface area contributed by atoms with E-state index in [4.69, 9.17) is 23.2 Å². The predicted molar refractivity (Wildman–Crippen MR) is 98.5 cm³/mol. The highest BCUT2D eigenvalue weighted by molar-refractivity contribution is 6.45. The van der Waals surface area contributed by atoms with E-state index < -0.39 is 16.7 Å². The zero-order valence-corrected chi connectivity index (χ0v) is 14.8. The van der Waals surface area contributed by atoms with E-state index >= 15 is 0 Å². The first-order valence-electron chi connectivity index (χ1n) is 7.14. The number of nitrogens with zero attached hydrogens (tertiary/aromatic N) is 2. The molecule has 10 heteroatoms. The quantitative estimate of drug-likeness (QED) is 0.358. The summed E-state index contributed by atoms with van der Waals surface area (Å²) < 4.78 is 0. The number of carbonyl (C=O) groups is 2. The van der Waals surface area contributed by atoms with Crippen LogP contribution >= 0.6 is 23.2 Å². The van der Waals surface area contributed by atoms with E-state index in [0.29, 0.717) is 5.56 Å². The van der Waals surface area contributed by atoms with Crippen molar-refractivity contribution in [3.8, 4) is 0 Å². The topological polar surface area (TPSA) is 114 Å². The first-order valence-corrected chi connectivity index (χ1v) is 7.89. The molecule has 2 aromatic carbocycles. The summed E-state index contributed by atoms with van der Waals surface area (Å²) in [6, 6.07) is 10.3. The lowest BCUT2D eigenvalue weighted by Crippen LogP contribution is -2.33. The average molecular weight is 395 g/mol. The van der Waals surface area contributed by atoms with Gasteiger partial charge in [-0.05, 0) is 19.1 Å². The van der Waals surface area contributed by atoms with Gasteiger partial charge in [-0.25, -0.2) is 5.43 Å². The second kappa shape index (κ2) is 8.41. The van der Waals surface area contributed by atoms with Crippen molar-refractivity contribution in [2.45, 2.75) is 6.92 Å². The Morgan fingerprint density at radius 2 is 1.81 bits per heavy atom. The highest BCUT2D eigenvalue weighted by Crippen LogP contribution is 2.29. The Hall–Kier alpha value is -2.97. The van der Waals surface area contributed by atoms with Gasteiger partial charge >= 0.3 is 11.8 Å². The summed E-state index contributed by atoms with van der Waals surface area (Å²) in [5.74, 6) is -2.03. The van der Waals surface area contributed by atoms with Crippen LogP contribution in [0.2, 0.25) is 10.0 Å². The maximum atomic E-state index is 11.9. The van der Waals surface area contributed by atoms with Gasteiger partial charge in [-0.3, -0.25) is 19.7 Å². The number of hydrazone groups is 1. The third-order valence-corrected chi connectivity index (χ3v) is 4.02. The van der Waals surface area contributed by atoms with Crippen LogP contribution in [0, 0.1) is 10.1 Å². The van der Waals surface area contributed by atoms with Gasteiger partial charge in [0.2, 0.25) is 0 Å². The molecule has 2 rings (SSSR count). The highest BCUT2D eigenvalue weighted by Gasteiger charge is 2.16. The summed E-state index contributed by atoms with van der Waals surface area (Å²) in [7, 11) is 0. The lowest BCUT2D eigenvalue weighted by Gasteiger charge is -2.07. The summed E-state index contributed by atoms with van der Waals surface area (Å²) in [5, 5.41) is 17.2. The first kappa shape index (κ1) is 19.4. The number of nitrogens with one attached hydrogen (secondary N) is 2. The van der Waals surface area contributed by atoms with Crippen molar-refractivity contribution >= 4 is 52.1 Å². The summed E-state index contributed by atoms with van der Waals surface area (Å²) in [5.41, 5.74) is 2.86. The average Bonchev–Trinajstić information content (AvgIpc) is 2.63. The number of hydrogen-bond donors (Lipinski definition) is 2. The molecular weight excluding hydrogens is 383 g/mol. The molecule has 0 bridgehead atoms. The number of amides is 2. The highest BCUT2D eigenvalue weighted by atomic mass is 35.5. The van der Waals surface area contributed by atoms with Gasteiger partial charge < -0.3 is 5.32 Å². The standard InChI is InChI=1S/C16H12Cl2N4O4/c1-9(10-4-2-5-11(8-10)22(25)26)20-21-16(24)15(23)19-13-7-3-6-12(17)14(13)18/h2-8H,1H3,(H,19,23)(H,21,24)/b20-9+. The molecule has 0 unspecified atom stereocenters. The summed E-state index contributed by atoms with van der Waals surface area (Å²) >= 11 is 11.8. The van der Waals surface area contributed by atoms with Crippen LogP contribution in [0.4, 0.5) is 11.4 Å². The van der Waals surface area contributed by atoms with Crippen LogP contribution in [-0.4, -0.2) is 22.4 Å². The van der Waals surface area contributed by atoms with Crippen LogP contribution < -0.4 is 10.7 Å². The number of hydrogen-bond acceptors (Lipinski definition) is 5. The second-order valence-electron chi connectivity index (χ2n) is 5.00. The van der Waals surface area contributed by atoms with E-state index in [1.807, 2.05) is 0 Å². The van der Waals surface area contributed by atoms with Gasteiger partial charge in [-0.2, -0.15) is 5.10 Å². The van der Waals surface area contributed by atoms with Crippen LogP contribution in [0.5, 0.6) is 0 Å². The Labute approximate surface area is 157 Å². The van der Waals surface area contributed by atoms with E-state index in [0.717, 1.165) is 0 Å². The molecule has 0 aliphatic rings. The van der Waals surface area contributed by atoms with Gasteiger partial charge in [-0.15, -0.1) is 0 Å². The maximum absolute atomic E-state index is 11.9. The van der Waals surface area contributed by atoms with Crippen LogP contribution in [0.15, 0.2) is 47.6 Å². The predicted octanol–water partition coefficient (Wildman–Crippen LogP) is 3.38. The van der Waals surface area contributed by atoms with E-state index in [1.54, 1.807) is 12.1 Å². The molecule has 0 saturated heterocycles. The van der Waals surface area contributed by atoms with Crippen LogP contribution in [0.1, 0.15) is 12.5 Å². The molecule has 0 aliphatic heterocycles. The molecule has 0 fully saturated rings. The Morgan fingerprint density at radius 3 is 2.50 bits per heavy atom. The number of benzene rings is 2. The Balaban J connectivity index is 2.05. The van der Waals surface area contributed by atoms with Crippen molar-refractivity contribution in [3.63, 3.8) is 0 Å². The normalized spacial score (nSPS) is 11.0. The number of carbonyl (C=O) groups excluding carboxylic acids is 2. The number of nitro benzene ring substituents is 1. The Kier molecular flexibility index (Phi) is 6.26. The molecule has 0 saturated carbocycles. The van der Waals surface area contributed by atoms with Crippen molar-refractivity contribution in [2.75, 3.05) is 5.32 Å². The molecular formula is C16H12Cl2N4O4. The number of nitro groups is 1. The van der Waals surface area contributed by atoms with Gasteiger partial charge in [0.15, 0.2) is 0 Å². The van der Waals surface area contributed by atoms with Crippen LogP contribution in [0.3, 0.4) is 0 Å². The fourth-order valence-corrected chi connectivity index (χ4v) is 2.22. The largest absolute Gasteiger partial charge is 0.329 e. The number of halogens is 2. The Morgan fingerprint density at radius 1 is 1.12 bits per heavy atom. The molecule has 0 atom stereocenters. The lowest BCUT2D eigenvalue weighted by atomic mass is 10.1. The van der Waals surface area contributed by atoms with Gasteiger partial charge in [0.25, 0.3) is 5.69 Å². The molecule has 0 heterocycles. The minimum atomic E-state index is -1.04. The second-order valence-corrected chi connectivity index (χ2v) is 5.79. The molecule has 0 aromatic heterocycles. The van der Waals surface area contributed by atoms with Gasteiger partial charge in [-0.1, -0.05) is 41.4 Å². The molecule has 2 amide bonds. The molecule has 26 heavy (non-hydrogen) atoms. The smallest absolute Gasteiger partial charge is 0.316 e. The number of anilines is 1. The SMILES string of the molecule is C/C(=N\NC(=O)C(=O)Nc1cccc(Cl)c1Cl)c1cccc([N+](=O)[O-])c1. The van der Waals surface area contributed by atoms with Gasteiger partial charge in [0, 0.05) is 17.7 Å². The van der Waals surface area contributed by atoms with E-state index in [1.165, 1.54) is 37.3 Å². The summed E-state index contributed by atoms with van der Waals surface area (Å²) in [6.45, 7) is 1.53. The zero-order chi connectivity index (χ0) is 19.3. The monoisotopic (exact) mass is 394 g/mol. The summed E-state index contributed by atoms with van der Waals surface area (Å²) in [4.78, 5) is 34.0. The fourth-order valence-electron chi connectivity index (χ4n) is 1.87. The van der Waals surface area contributed by atoms with Crippen LogP contribution in [-0.2, 0) is 9.59 Å².